The number of hydrogen-bond donors (Lipinski definition) is 0. The van der Waals surface area contributed by atoms with Crippen LogP contribution in [-0.4, -0.2) is 9.55 Å². The maximum Gasteiger partial charge on any atom is 0.255 e. The predicted molar refractivity (Wildman–Crippen MR) is 78.7 cm³/mol. The van der Waals surface area contributed by atoms with Gasteiger partial charge in [-0.1, -0.05) is 27.5 Å². The summed E-state index contributed by atoms with van der Waals surface area (Å²) in [5.74, 6) is 0.651. The molecule has 6 heteroatoms. The second-order valence-corrected chi connectivity index (χ2v) is 6.22. The summed E-state index contributed by atoms with van der Waals surface area (Å²) in [6, 6.07) is 5.89. The van der Waals surface area contributed by atoms with Crippen molar-refractivity contribution in [2.45, 2.75) is 25.3 Å². The molecule has 1 aromatic carbocycles. The summed E-state index contributed by atoms with van der Waals surface area (Å²) in [5, 5.41) is 0.216. The number of rotatable bonds is 3. The molecule has 0 unspecified atom stereocenters. The second-order valence-electron chi connectivity index (χ2n) is 4.91. The highest BCUT2D eigenvalue weighted by Crippen LogP contribution is 2.39. The van der Waals surface area contributed by atoms with E-state index in [4.69, 9.17) is 11.6 Å². The van der Waals surface area contributed by atoms with Crippen LogP contribution < -0.4 is 5.56 Å². The van der Waals surface area contributed by atoms with Crippen LogP contribution in [0.15, 0.2) is 33.5 Å². The van der Waals surface area contributed by atoms with E-state index in [1.165, 1.54) is 18.2 Å². The van der Waals surface area contributed by atoms with Gasteiger partial charge < -0.3 is 0 Å². The van der Waals surface area contributed by atoms with E-state index in [1.54, 1.807) is 10.6 Å². The van der Waals surface area contributed by atoms with E-state index in [0.29, 0.717) is 28.3 Å². The molecule has 1 aromatic heterocycles. The van der Waals surface area contributed by atoms with Gasteiger partial charge in [0.2, 0.25) is 0 Å². The van der Waals surface area contributed by atoms with Gasteiger partial charge in [-0.25, -0.2) is 9.37 Å². The standard InChI is InChI=1S/C14H11BrClFN2O/c15-10-3-8(4-11(17)5-10)7-19-13(20)6-12(16)18-14(19)9-1-2-9/h3-6,9H,1-2,7H2. The lowest BCUT2D eigenvalue weighted by Crippen LogP contribution is -2.24. The monoisotopic (exact) mass is 356 g/mol. The lowest BCUT2D eigenvalue weighted by Gasteiger charge is -2.12. The van der Waals surface area contributed by atoms with Crippen LogP contribution in [0, 0.1) is 5.82 Å². The molecule has 1 aliphatic rings. The highest BCUT2D eigenvalue weighted by atomic mass is 79.9. The molecule has 0 radical (unpaired) electrons. The molecule has 0 amide bonds. The van der Waals surface area contributed by atoms with Gasteiger partial charge in [0.05, 0.1) is 6.54 Å². The van der Waals surface area contributed by atoms with Gasteiger partial charge in [-0.3, -0.25) is 9.36 Å². The molecule has 1 fully saturated rings. The Balaban J connectivity index is 2.03. The quantitative estimate of drug-likeness (QED) is 0.785. The molecular formula is C14H11BrClFN2O. The summed E-state index contributed by atoms with van der Waals surface area (Å²) in [4.78, 5) is 16.4. The van der Waals surface area contributed by atoms with Crippen molar-refractivity contribution in [1.29, 1.82) is 0 Å². The SMILES string of the molecule is O=c1cc(Cl)nc(C2CC2)n1Cc1cc(F)cc(Br)c1. The van der Waals surface area contributed by atoms with Crippen LogP contribution in [0.5, 0.6) is 0 Å². The first-order chi connectivity index (χ1) is 9.52. The number of aromatic nitrogens is 2. The van der Waals surface area contributed by atoms with E-state index in [1.807, 2.05) is 0 Å². The van der Waals surface area contributed by atoms with Crippen molar-refractivity contribution < 1.29 is 4.39 Å². The first-order valence-electron chi connectivity index (χ1n) is 6.25. The Labute approximate surface area is 128 Å². The second kappa shape index (κ2) is 5.30. The van der Waals surface area contributed by atoms with Gasteiger partial charge in [-0.2, -0.15) is 0 Å². The molecule has 0 spiro atoms. The first-order valence-corrected chi connectivity index (χ1v) is 7.42. The summed E-state index contributed by atoms with van der Waals surface area (Å²) >= 11 is 9.11. The summed E-state index contributed by atoms with van der Waals surface area (Å²) in [6.45, 7) is 0.297. The van der Waals surface area contributed by atoms with Crippen LogP contribution >= 0.6 is 27.5 Å². The molecule has 3 rings (SSSR count). The van der Waals surface area contributed by atoms with Crippen molar-refractivity contribution in [3.8, 4) is 0 Å². The minimum atomic E-state index is -0.336. The molecular weight excluding hydrogens is 347 g/mol. The number of nitrogens with zero attached hydrogens (tertiary/aromatic N) is 2. The number of hydrogen-bond acceptors (Lipinski definition) is 2. The Morgan fingerprint density at radius 1 is 1.35 bits per heavy atom. The lowest BCUT2D eigenvalue weighted by atomic mass is 10.2. The van der Waals surface area contributed by atoms with Gasteiger partial charge >= 0.3 is 0 Å². The molecule has 0 bridgehead atoms. The Hall–Kier alpha value is -1.20. The Bertz CT molecular complexity index is 707. The third-order valence-corrected chi connectivity index (χ3v) is 3.86. The fourth-order valence-electron chi connectivity index (χ4n) is 2.19. The molecule has 3 nitrogen and oxygen atoms in total. The minimum absolute atomic E-state index is 0.202. The van der Waals surface area contributed by atoms with Gasteiger partial charge in [0.1, 0.15) is 16.8 Å². The van der Waals surface area contributed by atoms with Crippen molar-refractivity contribution >= 4 is 27.5 Å². The Kier molecular flexibility index (Phi) is 3.65. The smallest absolute Gasteiger partial charge is 0.255 e. The van der Waals surface area contributed by atoms with Crippen LogP contribution in [0.25, 0.3) is 0 Å². The molecule has 1 aliphatic carbocycles. The summed E-state index contributed by atoms with van der Waals surface area (Å²) in [6.07, 6.45) is 2.03. The van der Waals surface area contributed by atoms with E-state index in [-0.39, 0.29) is 16.5 Å². The van der Waals surface area contributed by atoms with Crippen molar-refractivity contribution in [3.63, 3.8) is 0 Å². The van der Waals surface area contributed by atoms with Crippen molar-refractivity contribution in [1.82, 2.24) is 9.55 Å². The topological polar surface area (TPSA) is 34.9 Å². The molecule has 0 atom stereocenters. The third kappa shape index (κ3) is 2.94. The van der Waals surface area contributed by atoms with Crippen LogP contribution in [-0.2, 0) is 6.54 Å². The third-order valence-electron chi connectivity index (χ3n) is 3.21. The fraction of sp³-hybridized carbons (Fsp3) is 0.286. The van der Waals surface area contributed by atoms with E-state index in [0.717, 1.165) is 12.8 Å². The molecule has 2 aromatic rings. The van der Waals surface area contributed by atoms with Crippen LogP contribution in [0.1, 0.15) is 30.1 Å². The van der Waals surface area contributed by atoms with Gasteiger partial charge in [0.15, 0.2) is 0 Å². The van der Waals surface area contributed by atoms with Gasteiger partial charge in [0, 0.05) is 16.5 Å². The average Bonchev–Trinajstić information content (AvgIpc) is 3.15. The molecule has 0 saturated heterocycles. The molecule has 104 valence electrons. The lowest BCUT2D eigenvalue weighted by molar-refractivity contribution is 0.617. The van der Waals surface area contributed by atoms with Crippen molar-refractivity contribution in [2.24, 2.45) is 0 Å². The first kappa shape index (κ1) is 13.8. The summed E-state index contributed by atoms with van der Waals surface area (Å²) < 4.78 is 15.6. The number of benzene rings is 1. The maximum atomic E-state index is 13.4. The predicted octanol–water partition coefficient (Wildman–Crippen LogP) is 3.72. The van der Waals surface area contributed by atoms with E-state index < -0.39 is 0 Å². The van der Waals surface area contributed by atoms with E-state index in [9.17, 15) is 9.18 Å². The van der Waals surface area contributed by atoms with Gasteiger partial charge in [0.25, 0.3) is 5.56 Å². The zero-order valence-electron chi connectivity index (χ0n) is 10.4. The fourth-order valence-corrected chi connectivity index (χ4v) is 2.88. The van der Waals surface area contributed by atoms with Crippen LogP contribution in [0.2, 0.25) is 5.15 Å². The summed E-state index contributed by atoms with van der Waals surface area (Å²) in [5.41, 5.74) is 0.511. The zero-order valence-corrected chi connectivity index (χ0v) is 12.8. The Morgan fingerprint density at radius 3 is 2.75 bits per heavy atom. The van der Waals surface area contributed by atoms with Crippen molar-refractivity contribution in [2.75, 3.05) is 0 Å². The van der Waals surface area contributed by atoms with Crippen molar-refractivity contribution in [3.05, 3.63) is 61.5 Å². The molecule has 0 aliphatic heterocycles. The van der Waals surface area contributed by atoms with Crippen LogP contribution in [0.4, 0.5) is 4.39 Å². The normalized spacial score (nSPS) is 14.6. The maximum absolute atomic E-state index is 13.4. The highest BCUT2D eigenvalue weighted by molar-refractivity contribution is 9.10. The van der Waals surface area contributed by atoms with Crippen LogP contribution in [0.3, 0.4) is 0 Å². The summed E-state index contributed by atoms with van der Waals surface area (Å²) in [7, 11) is 0. The highest BCUT2D eigenvalue weighted by Gasteiger charge is 2.29. The van der Waals surface area contributed by atoms with E-state index in [2.05, 4.69) is 20.9 Å². The zero-order chi connectivity index (χ0) is 14.3. The Morgan fingerprint density at radius 2 is 2.10 bits per heavy atom. The molecule has 20 heavy (non-hydrogen) atoms. The van der Waals surface area contributed by atoms with E-state index >= 15 is 0 Å². The molecule has 1 heterocycles. The average molecular weight is 358 g/mol. The largest absolute Gasteiger partial charge is 0.292 e. The molecule has 0 N–H and O–H groups in total. The van der Waals surface area contributed by atoms with Gasteiger partial charge in [-0.15, -0.1) is 0 Å². The number of halogens is 3. The minimum Gasteiger partial charge on any atom is -0.292 e. The van der Waals surface area contributed by atoms with Gasteiger partial charge in [-0.05, 0) is 36.6 Å². The molecule has 1 saturated carbocycles.